The Balaban J connectivity index is 2.12. The summed E-state index contributed by atoms with van der Waals surface area (Å²) in [5.41, 5.74) is -0.550. The number of pyridine rings is 1. The maximum Gasteiger partial charge on any atom is 0.412 e. The first-order valence-electron chi connectivity index (χ1n) is 7.74. The minimum atomic E-state index is -2.71. The van der Waals surface area contributed by atoms with E-state index in [1.54, 1.807) is 20.8 Å². The summed E-state index contributed by atoms with van der Waals surface area (Å²) in [5.74, 6) is -3.60. The lowest BCUT2D eigenvalue weighted by Gasteiger charge is -2.20. The number of hydrogen-bond donors (Lipinski definition) is 2. The molecule has 1 heterocycles. The Bertz CT molecular complexity index is 674. The van der Waals surface area contributed by atoms with Crippen LogP contribution in [0.25, 0.3) is 0 Å². The third-order valence-corrected chi connectivity index (χ3v) is 3.20. The third-order valence-electron chi connectivity index (χ3n) is 3.20. The van der Waals surface area contributed by atoms with Crippen LogP contribution in [0, 0.1) is 5.92 Å². The van der Waals surface area contributed by atoms with Crippen LogP contribution in [0.5, 0.6) is 5.75 Å². The number of halogens is 2. The summed E-state index contributed by atoms with van der Waals surface area (Å²) in [5, 5.41) is 4.95. The second-order valence-corrected chi connectivity index (χ2v) is 6.85. The molecule has 1 aromatic rings. The predicted octanol–water partition coefficient (Wildman–Crippen LogP) is 3.42. The first kappa shape index (κ1) is 18.9. The SMILES string of the molecule is CC(=O)Nc1cc(NC(=O)OC(C)(C)C)c(OCC2CC2(F)F)cn1. The molecule has 0 aromatic carbocycles. The van der Waals surface area contributed by atoms with E-state index >= 15 is 0 Å². The van der Waals surface area contributed by atoms with Crippen LogP contribution >= 0.6 is 0 Å². The van der Waals surface area contributed by atoms with Crippen LogP contribution in [0.2, 0.25) is 0 Å². The molecular weight excluding hydrogens is 336 g/mol. The zero-order chi connectivity index (χ0) is 18.8. The highest BCUT2D eigenvalue weighted by Crippen LogP contribution is 2.48. The number of amides is 2. The molecule has 0 saturated heterocycles. The number of ether oxygens (including phenoxy) is 2. The number of alkyl halides is 2. The normalized spacial score (nSPS) is 18.2. The second-order valence-electron chi connectivity index (χ2n) is 6.85. The number of anilines is 2. The monoisotopic (exact) mass is 357 g/mol. The Morgan fingerprint density at radius 2 is 2.00 bits per heavy atom. The van der Waals surface area contributed by atoms with Crippen LogP contribution in [-0.4, -0.2) is 35.1 Å². The fraction of sp³-hybridized carbons (Fsp3) is 0.562. The second kappa shape index (κ2) is 6.81. The highest BCUT2D eigenvalue weighted by atomic mass is 19.3. The van der Waals surface area contributed by atoms with Gasteiger partial charge in [-0.15, -0.1) is 0 Å². The molecule has 1 atom stereocenters. The van der Waals surface area contributed by atoms with Gasteiger partial charge in [-0.3, -0.25) is 10.1 Å². The highest BCUT2D eigenvalue weighted by molar-refractivity contribution is 5.91. The molecule has 2 N–H and O–H groups in total. The molecule has 25 heavy (non-hydrogen) atoms. The molecule has 138 valence electrons. The number of nitrogens with zero attached hydrogens (tertiary/aromatic N) is 1. The first-order chi connectivity index (χ1) is 11.5. The number of nitrogens with one attached hydrogen (secondary N) is 2. The van der Waals surface area contributed by atoms with Gasteiger partial charge in [-0.2, -0.15) is 0 Å². The van der Waals surface area contributed by atoms with E-state index in [1.807, 2.05) is 0 Å². The molecule has 0 bridgehead atoms. The topological polar surface area (TPSA) is 89.6 Å². The van der Waals surface area contributed by atoms with Crippen molar-refractivity contribution in [2.45, 2.75) is 45.6 Å². The van der Waals surface area contributed by atoms with Gasteiger partial charge in [-0.05, 0) is 20.8 Å². The van der Waals surface area contributed by atoms with Gasteiger partial charge in [0.2, 0.25) is 5.91 Å². The average molecular weight is 357 g/mol. The molecule has 0 aliphatic heterocycles. The minimum Gasteiger partial charge on any atom is -0.489 e. The summed E-state index contributed by atoms with van der Waals surface area (Å²) in [6.07, 6.45) is 0.284. The van der Waals surface area contributed by atoms with Crippen LogP contribution in [0.4, 0.5) is 25.1 Å². The van der Waals surface area contributed by atoms with Crippen molar-refractivity contribution < 1.29 is 27.8 Å². The lowest BCUT2D eigenvalue weighted by molar-refractivity contribution is -0.114. The van der Waals surface area contributed by atoms with E-state index in [1.165, 1.54) is 19.2 Å². The summed E-state index contributed by atoms with van der Waals surface area (Å²) in [7, 11) is 0. The molecule has 7 nitrogen and oxygen atoms in total. The van der Waals surface area contributed by atoms with Gasteiger partial charge in [0.15, 0.2) is 5.75 Å². The van der Waals surface area contributed by atoms with Crippen LogP contribution in [-0.2, 0) is 9.53 Å². The van der Waals surface area contributed by atoms with Gasteiger partial charge in [0.25, 0.3) is 5.92 Å². The van der Waals surface area contributed by atoms with Gasteiger partial charge < -0.3 is 14.8 Å². The van der Waals surface area contributed by atoms with Crippen LogP contribution in [0.3, 0.4) is 0 Å². The largest absolute Gasteiger partial charge is 0.489 e. The van der Waals surface area contributed by atoms with E-state index in [0.717, 1.165) is 0 Å². The van der Waals surface area contributed by atoms with E-state index < -0.39 is 23.5 Å². The lowest BCUT2D eigenvalue weighted by Crippen LogP contribution is -2.27. The highest BCUT2D eigenvalue weighted by Gasteiger charge is 2.57. The van der Waals surface area contributed by atoms with Gasteiger partial charge in [-0.1, -0.05) is 0 Å². The molecule has 1 fully saturated rings. The minimum absolute atomic E-state index is 0.114. The fourth-order valence-corrected chi connectivity index (χ4v) is 1.96. The van der Waals surface area contributed by atoms with Crippen LogP contribution in [0.15, 0.2) is 12.3 Å². The molecule has 1 unspecified atom stereocenters. The van der Waals surface area contributed by atoms with Gasteiger partial charge in [0.05, 0.1) is 24.4 Å². The Morgan fingerprint density at radius 3 is 2.52 bits per heavy atom. The Labute approximate surface area is 144 Å². The van der Waals surface area contributed by atoms with Crippen molar-refractivity contribution in [3.05, 3.63) is 12.3 Å². The molecule has 0 spiro atoms. The Morgan fingerprint density at radius 1 is 1.36 bits per heavy atom. The predicted molar refractivity (Wildman–Crippen MR) is 86.9 cm³/mol. The van der Waals surface area contributed by atoms with E-state index in [-0.39, 0.29) is 36.2 Å². The third kappa shape index (κ3) is 5.84. The van der Waals surface area contributed by atoms with Crippen LogP contribution in [0.1, 0.15) is 34.1 Å². The van der Waals surface area contributed by atoms with Crippen molar-refractivity contribution in [3.8, 4) is 5.75 Å². The number of hydrogen-bond acceptors (Lipinski definition) is 5. The van der Waals surface area contributed by atoms with Crippen molar-refractivity contribution in [3.63, 3.8) is 0 Å². The lowest BCUT2D eigenvalue weighted by atomic mass is 10.2. The quantitative estimate of drug-likeness (QED) is 0.843. The van der Waals surface area contributed by atoms with Crippen molar-refractivity contribution >= 4 is 23.5 Å². The van der Waals surface area contributed by atoms with Gasteiger partial charge in [-0.25, -0.2) is 18.6 Å². The molecule has 9 heteroatoms. The summed E-state index contributed by atoms with van der Waals surface area (Å²) in [6, 6.07) is 1.37. The Hall–Kier alpha value is -2.45. The summed E-state index contributed by atoms with van der Waals surface area (Å²) in [6.45, 7) is 6.22. The molecule has 1 aromatic heterocycles. The summed E-state index contributed by atoms with van der Waals surface area (Å²) < 4.78 is 36.5. The fourth-order valence-electron chi connectivity index (χ4n) is 1.96. The number of rotatable bonds is 5. The van der Waals surface area contributed by atoms with Crippen molar-refractivity contribution in [1.29, 1.82) is 0 Å². The molecule has 0 radical (unpaired) electrons. The summed E-state index contributed by atoms with van der Waals surface area (Å²) >= 11 is 0. The zero-order valence-electron chi connectivity index (χ0n) is 14.5. The van der Waals surface area contributed by atoms with Crippen molar-refractivity contribution in [2.75, 3.05) is 17.2 Å². The maximum atomic E-state index is 13.0. The van der Waals surface area contributed by atoms with Gasteiger partial charge in [0.1, 0.15) is 11.4 Å². The summed E-state index contributed by atoms with van der Waals surface area (Å²) in [4.78, 5) is 27.0. The maximum absolute atomic E-state index is 13.0. The molecule has 2 rings (SSSR count). The van der Waals surface area contributed by atoms with E-state index in [4.69, 9.17) is 9.47 Å². The zero-order valence-corrected chi connectivity index (χ0v) is 14.5. The first-order valence-corrected chi connectivity index (χ1v) is 7.74. The van der Waals surface area contributed by atoms with Gasteiger partial charge in [0, 0.05) is 19.4 Å². The van der Waals surface area contributed by atoms with Crippen LogP contribution < -0.4 is 15.4 Å². The number of carbonyl (C=O) groups excluding carboxylic acids is 2. The number of carbonyl (C=O) groups is 2. The van der Waals surface area contributed by atoms with E-state index in [9.17, 15) is 18.4 Å². The van der Waals surface area contributed by atoms with Gasteiger partial charge >= 0.3 is 6.09 Å². The molecule has 1 aliphatic carbocycles. The Kier molecular flexibility index (Phi) is 5.15. The molecule has 1 aliphatic rings. The number of aromatic nitrogens is 1. The average Bonchev–Trinajstić information content (AvgIpc) is 3.02. The van der Waals surface area contributed by atoms with E-state index in [2.05, 4.69) is 15.6 Å². The van der Waals surface area contributed by atoms with E-state index in [0.29, 0.717) is 0 Å². The molecule has 2 amide bonds. The van der Waals surface area contributed by atoms with Crippen molar-refractivity contribution in [1.82, 2.24) is 4.98 Å². The smallest absolute Gasteiger partial charge is 0.412 e. The molecular formula is C16H21F2N3O4. The standard InChI is InChI=1S/C16H21F2N3O4/c1-9(22)20-13-5-11(21-14(23)25-15(2,3)4)12(7-19-13)24-8-10-6-16(10,17)18/h5,7,10H,6,8H2,1-4H3,(H2,19,20,21,22,23). The van der Waals surface area contributed by atoms with Crippen molar-refractivity contribution in [2.24, 2.45) is 5.92 Å². The molecule has 1 saturated carbocycles.